The fourth-order valence-electron chi connectivity index (χ4n) is 3.04. The molecule has 0 bridgehead atoms. The van der Waals surface area contributed by atoms with Crippen molar-refractivity contribution < 1.29 is 22.5 Å². The average molecular weight is 456 g/mol. The highest BCUT2D eigenvalue weighted by Gasteiger charge is 2.25. The Morgan fingerprint density at radius 3 is 2.44 bits per heavy atom. The number of ether oxygens (including phenoxy) is 1. The van der Waals surface area contributed by atoms with Gasteiger partial charge in [-0.3, -0.25) is 9.10 Å². The summed E-state index contributed by atoms with van der Waals surface area (Å²) in [5.41, 5.74) is 3.18. The molecule has 0 aliphatic heterocycles. The molecule has 0 radical (unpaired) electrons. The topological polar surface area (TPSA) is 102 Å². The standard InChI is InChI=1S/C23H25N3O5S/c1-15-6-10-19(11-7-15)26(4)32(28,29)22-14-18(8-12-20(22)30-5)9-13-21-23(24-17(3)27)16(2)25-31-21/h6-14H,1-5H3,(H,24,27). The zero-order valence-corrected chi connectivity index (χ0v) is 19.4. The number of aromatic nitrogens is 1. The van der Waals surface area contributed by atoms with Crippen LogP contribution in [0.1, 0.15) is 29.5 Å². The second kappa shape index (κ2) is 9.27. The maximum absolute atomic E-state index is 13.3. The van der Waals surface area contributed by atoms with Gasteiger partial charge in [0.2, 0.25) is 5.91 Å². The Morgan fingerprint density at radius 1 is 1.12 bits per heavy atom. The van der Waals surface area contributed by atoms with Crippen LogP contribution in [-0.2, 0) is 14.8 Å². The highest BCUT2D eigenvalue weighted by atomic mass is 32.2. The lowest BCUT2D eigenvalue weighted by atomic mass is 10.2. The number of aryl methyl sites for hydroxylation is 2. The average Bonchev–Trinajstić information content (AvgIpc) is 3.10. The summed E-state index contributed by atoms with van der Waals surface area (Å²) in [6, 6.07) is 12.0. The summed E-state index contributed by atoms with van der Waals surface area (Å²) in [6.45, 7) is 5.04. The molecule has 0 aliphatic carbocycles. The first kappa shape index (κ1) is 23.1. The van der Waals surface area contributed by atoms with Crippen molar-refractivity contribution in [1.82, 2.24) is 5.16 Å². The molecule has 3 aromatic rings. The first-order chi connectivity index (χ1) is 15.1. The number of rotatable bonds is 7. The predicted octanol–water partition coefficient (Wildman–Crippen LogP) is 4.25. The quantitative estimate of drug-likeness (QED) is 0.571. The second-order valence-electron chi connectivity index (χ2n) is 7.24. The Balaban J connectivity index is 1.98. The van der Waals surface area contributed by atoms with Crippen LogP contribution in [0, 0.1) is 13.8 Å². The van der Waals surface area contributed by atoms with Crippen LogP contribution in [-0.4, -0.2) is 33.6 Å². The predicted molar refractivity (Wildman–Crippen MR) is 124 cm³/mol. The normalized spacial score (nSPS) is 11.5. The third kappa shape index (κ3) is 4.83. The van der Waals surface area contributed by atoms with Gasteiger partial charge in [-0.25, -0.2) is 8.42 Å². The molecule has 0 unspecified atom stereocenters. The molecule has 1 heterocycles. The highest BCUT2D eigenvalue weighted by molar-refractivity contribution is 7.92. The van der Waals surface area contributed by atoms with E-state index in [-0.39, 0.29) is 16.6 Å². The summed E-state index contributed by atoms with van der Waals surface area (Å²) in [7, 11) is -0.969. The van der Waals surface area contributed by atoms with Crippen molar-refractivity contribution in [2.45, 2.75) is 25.7 Å². The molecule has 0 spiro atoms. The van der Waals surface area contributed by atoms with Crippen LogP contribution in [0.3, 0.4) is 0 Å². The van der Waals surface area contributed by atoms with Crippen LogP contribution in [0.25, 0.3) is 12.2 Å². The minimum Gasteiger partial charge on any atom is -0.495 e. The summed E-state index contributed by atoms with van der Waals surface area (Å²) >= 11 is 0. The molecule has 0 atom stereocenters. The second-order valence-corrected chi connectivity index (χ2v) is 9.18. The van der Waals surface area contributed by atoms with Crippen LogP contribution < -0.4 is 14.4 Å². The number of carbonyl (C=O) groups is 1. The Morgan fingerprint density at radius 2 is 1.81 bits per heavy atom. The van der Waals surface area contributed by atoms with Gasteiger partial charge in [-0.2, -0.15) is 0 Å². The van der Waals surface area contributed by atoms with Crippen LogP contribution in [0.15, 0.2) is 51.9 Å². The molecule has 0 fully saturated rings. The molecule has 0 aliphatic rings. The lowest BCUT2D eigenvalue weighted by Gasteiger charge is -2.21. The first-order valence-electron chi connectivity index (χ1n) is 9.79. The molecule has 32 heavy (non-hydrogen) atoms. The summed E-state index contributed by atoms with van der Waals surface area (Å²) in [5, 5.41) is 6.55. The lowest BCUT2D eigenvalue weighted by molar-refractivity contribution is -0.114. The number of nitrogens with zero attached hydrogens (tertiary/aromatic N) is 2. The molecule has 0 saturated heterocycles. The van der Waals surface area contributed by atoms with Crippen molar-refractivity contribution in [1.29, 1.82) is 0 Å². The van der Waals surface area contributed by atoms with Gasteiger partial charge in [0, 0.05) is 14.0 Å². The van der Waals surface area contributed by atoms with Gasteiger partial charge in [-0.05, 0) is 49.8 Å². The van der Waals surface area contributed by atoms with Gasteiger partial charge in [-0.1, -0.05) is 35.0 Å². The van der Waals surface area contributed by atoms with E-state index in [1.165, 1.54) is 31.5 Å². The molecule has 8 nitrogen and oxygen atoms in total. The van der Waals surface area contributed by atoms with E-state index in [0.29, 0.717) is 28.4 Å². The molecule has 1 aromatic heterocycles. The fourth-order valence-corrected chi connectivity index (χ4v) is 4.43. The molecule has 168 valence electrons. The van der Waals surface area contributed by atoms with E-state index in [1.807, 2.05) is 19.1 Å². The van der Waals surface area contributed by atoms with Crippen molar-refractivity contribution in [3.63, 3.8) is 0 Å². The van der Waals surface area contributed by atoms with E-state index in [9.17, 15) is 13.2 Å². The summed E-state index contributed by atoms with van der Waals surface area (Å²) in [5.74, 6) is 0.341. The third-order valence-corrected chi connectivity index (χ3v) is 6.65. The molecular formula is C23H25N3O5S. The van der Waals surface area contributed by atoms with E-state index < -0.39 is 10.0 Å². The monoisotopic (exact) mass is 455 g/mol. The SMILES string of the molecule is COc1ccc(C=Cc2onc(C)c2NC(C)=O)cc1S(=O)(=O)N(C)c1ccc(C)cc1. The summed E-state index contributed by atoms with van der Waals surface area (Å²) in [4.78, 5) is 11.5. The Hall–Kier alpha value is -3.59. The summed E-state index contributed by atoms with van der Waals surface area (Å²) in [6.07, 6.45) is 3.29. The Labute approximate surface area is 187 Å². The van der Waals surface area contributed by atoms with E-state index in [1.54, 1.807) is 43.3 Å². The minimum absolute atomic E-state index is 0.0288. The summed E-state index contributed by atoms with van der Waals surface area (Å²) < 4.78 is 38.5. The molecular weight excluding hydrogens is 430 g/mol. The third-order valence-electron chi connectivity index (χ3n) is 4.84. The van der Waals surface area contributed by atoms with Crippen molar-refractivity contribution in [2.24, 2.45) is 0 Å². The van der Waals surface area contributed by atoms with E-state index in [0.717, 1.165) is 5.56 Å². The minimum atomic E-state index is -3.89. The van der Waals surface area contributed by atoms with Crippen molar-refractivity contribution in [3.05, 3.63) is 65.0 Å². The fraction of sp³-hybridized carbons (Fsp3) is 0.217. The van der Waals surface area contributed by atoms with E-state index in [2.05, 4.69) is 10.5 Å². The molecule has 9 heteroatoms. The zero-order valence-electron chi connectivity index (χ0n) is 18.5. The van der Waals surface area contributed by atoms with Crippen LogP contribution in [0.5, 0.6) is 5.75 Å². The van der Waals surface area contributed by atoms with Gasteiger partial charge >= 0.3 is 0 Å². The number of methoxy groups -OCH3 is 1. The van der Waals surface area contributed by atoms with E-state index >= 15 is 0 Å². The Kier molecular flexibility index (Phi) is 6.69. The largest absolute Gasteiger partial charge is 0.495 e. The van der Waals surface area contributed by atoms with Crippen molar-refractivity contribution in [2.75, 3.05) is 23.8 Å². The molecule has 1 amide bonds. The maximum Gasteiger partial charge on any atom is 0.267 e. The molecule has 3 rings (SSSR count). The van der Waals surface area contributed by atoms with Crippen molar-refractivity contribution >= 4 is 39.5 Å². The molecule has 0 saturated carbocycles. The number of nitrogens with one attached hydrogen (secondary N) is 1. The van der Waals surface area contributed by atoms with E-state index in [4.69, 9.17) is 9.26 Å². The van der Waals surface area contributed by atoms with Gasteiger partial charge < -0.3 is 14.6 Å². The number of hydrogen-bond donors (Lipinski definition) is 1. The van der Waals surface area contributed by atoms with Crippen LogP contribution in [0.2, 0.25) is 0 Å². The Bertz CT molecular complexity index is 1260. The van der Waals surface area contributed by atoms with Crippen LogP contribution in [0.4, 0.5) is 11.4 Å². The van der Waals surface area contributed by atoms with Gasteiger partial charge in [0.05, 0.1) is 12.8 Å². The van der Waals surface area contributed by atoms with Gasteiger partial charge in [0.25, 0.3) is 10.0 Å². The van der Waals surface area contributed by atoms with Gasteiger partial charge in [0.1, 0.15) is 22.0 Å². The van der Waals surface area contributed by atoms with Crippen molar-refractivity contribution in [3.8, 4) is 5.75 Å². The van der Waals surface area contributed by atoms with Crippen LogP contribution >= 0.6 is 0 Å². The molecule has 1 N–H and O–H groups in total. The maximum atomic E-state index is 13.3. The first-order valence-corrected chi connectivity index (χ1v) is 11.2. The van der Waals surface area contributed by atoms with Gasteiger partial charge in [-0.15, -0.1) is 0 Å². The number of sulfonamides is 1. The molecule has 2 aromatic carbocycles. The number of anilines is 2. The number of hydrogen-bond acceptors (Lipinski definition) is 6. The zero-order chi connectivity index (χ0) is 23.5. The smallest absolute Gasteiger partial charge is 0.267 e. The lowest BCUT2D eigenvalue weighted by Crippen LogP contribution is -2.27. The highest BCUT2D eigenvalue weighted by Crippen LogP contribution is 2.31. The number of carbonyl (C=O) groups excluding carboxylic acids is 1. The number of amides is 1. The van der Waals surface area contributed by atoms with Gasteiger partial charge in [0.15, 0.2) is 5.76 Å². The number of benzene rings is 2.